The van der Waals surface area contributed by atoms with Gasteiger partial charge in [-0.1, -0.05) is 18.2 Å². The van der Waals surface area contributed by atoms with Crippen molar-refractivity contribution in [3.8, 4) is 5.75 Å². The van der Waals surface area contributed by atoms with Crippen LogP contribution in [0.25, 0.3) is 0 Å². The van der Waals surface area contributed by atoms with Gasteiger partial charge >= 0.3 is 11.9 Å². The molecule has 5 nitrogen and oxygen atoms in total. The smallest absolute Gasteiger partial charge is 0.407 e. The number of aryl methyl sites for hydroxylation is 2. The molecule has 5 heteroatoms. The zero-order valence-corrected chi connectivity index (χ0v) is 8.52. The summed E-state index contributed by atoms with van der Waals surface area (Å²) in [4.78, 5) is 10.6. The van der Waals surface area contributed by atoms with Crippen LogP contribution in [-0.2, 0) is 4.79 Å². The molecule has 1 rings (SSSR count). The van der Waals surface area contributed by atoms with E-state index in [1.165, 1.54) is 0 Å². The Morgan fingerprint density at radius 1 is 1.33 bits per heavy atom. The van der Waals surface area contributed by atoms with Crippen LogP contribution in [0.2, 0.25) is 0 Å². The lowest BCUT2D eigenvalue weighted by molar-refractivity contribution is -0.270. The van der Waals surface area contributed by atoms with Crippen molar-refractivity contribution in [2.45, 2.75) is 19.8 Å². The van der Waals surface area contributed by atoms with E-state index in [9.17, 15) is 4.79 Å². The predicted octanol–water partition coefficient (Wildman–Crippen LogP) is -0.194. The van der Waals surface area contributed by atoms with Crippen LogP contribution >= 0.6 is 0 Å². The van der Waals surface area contributed by atoms with Gasteiger partial charge in [-0.2, -0.15) is 0 Å². The Morgan fingerprint density at radius 3 is 2.20 bits per heavy atom. The summed E-state index contributed by atoms with van der Waals surface area (Å²) >= 11 is 0. The van der Waals surface area contributed by atoms with Crippen molar-refractivity contribution in [1.29, 1.82) is 0 Å². The lowest BCUT2D eigenvalue weighted by Crippen LogP contribution is -2.49. The van der Waals surface area contributed by atoms with E-state index < -0.39 is 11.9 Å². The normalized spacial score (nSPS) is 11.2. The maximum atomic E-state index is 10.6. The summed E-state index contributed by atoms with van der Waals surface area (Å²) in [7, 11) is 0. The number of rotatable bonds is 3. The number of nitrogens with two attached hydrogens (primary N) is 1. The lowest BCUT2D eigenvalue weighted by atomic mass is 10.1. The molecule has 0 radical (unpaired) electrons. The van der Waals surface area contributed by atoms with Gasteiger partial charge in [-0.15, -0.1) is 0 Å². The Balaban J connectivity index is 3.04. The SMILES string of the molecule is Cc1cccc(C)c1OC(O)(O)C(N)=O. The number of amides is 1. The first-order valence-electron chi connectivity index (χ1n) is 4.34. The molecule has 0 aliphatic carbocycles. The maximum Gasteiger partial charge on any atom is 0.407 e. The van der Waals surface area contributed by atoms with E-state index in [1.807, 2.05) is 0 Å². The van der Waals surface area contributed by atoms with Gasteiger partial charge in [0.2, 0.25) is 0 Å². The Kier molecular flexibility index (Phi) is 2.97. The van der Waals surface area contributed by atoms with E-state index in [0.717, 1.165) is 0 Å². The van der Waals surface area contributed by atoms with Gasteiger partial charge in [0.1, 0.15) is 5.75 Å². The Bertz CT molecular complexity index is 367. The summed E-state index contributed by atoms with van der Waals surface area (Å²) in [6.07, 6.45) is 0. The maximum absolute atomic E-state index is 10.6. The Hall–Kier alpha value is -1.59. The Morgan fingerprint density at radius 2 is 1.80 bits per heavy atom. The molecule has 0 heterocycles. The number of primary amides is 1. The first-order chi connectivity index (χ1) is 6.84. The van der Waals surface area contributed by atoms with E-state index in [4.69, 9.17) is 20.7 Å². The summed E-state index contributed by atoms with van der Waals surface area (Å²) < 4.78 is 4.76. The van der Waals surface area contributed by atoms with Crippen LogP contribution in [-0.4, -0.2) is 22.1 Å². The monoisotopic (exact) mass is 211 g/mol. The molecule has 0 atom stereocenters. The highest BCUT2D eigenvalue weighted by molar-refractivity contribution is 5.80. The Labute approximate surface area is 87.1 Å². The van der Waals surface area contributed by atoms with Gasteiger partial charge in [-0.3, -0.25) is 4.79 Å². The van der Waals surface area contributed by atoms with E-state index in [1.54, 1.807) is 32.0 Å². The molecule has 1 aromatic carbocycles. The molecule has 0 bridgehead atoms. The van der Waals surface area contributed by atoms with Gasteiger partial charge in [0.25, 0.3) is 0 Å². The van der Waals surface area contributed by atoms with Crippen LogP contribution in [0.3, 0.4) is 0 Å². The molecule has 0 aliphatic heterocycles. The molecule has 15 heavy (non-hydrogen) atoms. The molecule has 0 unspecified atom stereocenters. The highest BCUT2D eigenvalue weighted by Crippen LogP contribution is 2.25. The van der Waals surface area contributed by atoms with Gasteiger partial charge in [0.15, 0.2) is 0 Å². The fraction of sp³-hybridized carbons (Fsp3) is 0.300. The third-order valence-electron chi connectivity index (χ3n) is 1.97. The van der Waals surface area contributed by atoms with Gasteiger partial charge in [-0.25, -0.2) is 0 Å². The van der Waals surface area contributed by atoms with Crippen LogP contribution < -0.4 is 10.5 Å². The molecule has 82 valence electrons. The summed E-state index contributed by atoms with van der Waals surface area (Å²) in [5.74, 6) is -4.09. The molecule has 4 N–H and O–H groups in total. The molecule has 0 saturated carbocycles. The quantitative estimate of drug-likeness (QED) is 0.604. The second-order valence-corrected chi connectivity index (χ2v) is 3.30. The van der Waals surface area contributed by atoms with E-state index in [-0.39, 0.29) is 5.75 Å². The predicted molar refractivity (Wildman–Crippen MR) is 52.9 cm³/mol. The third kappa shape index (κ3) is 2.45. The van der Waals surface area contributed by atoms with Crippen LogP contribution in [0.15, 0.2) is 18.2 Å². The van der Waals surface area contributed by atoms with Gasteiger partial charge in [0, 0.05) is 0 Å². The fourth-order valence-corrected chi connectivity index (χ4v) is 1.15. The van der Waals surface area contributed by atoms with Crippen molar-refractivity contribution in [3.05, 3.63) is 29.3 Å². The van der Waals surface area contributed by atoms with Gasteiger partial charge in [0.05, 0.1) is 0 Å². The van der Waals surface area contributed by atoms with Crippen LogP contribution in [0, 0.1) is 13.8 Å². The zero-order valence-electron chi connectivity index (χ0n) is 8.52. The minimum absolute atomic E-state index is 0.237. The van der Waals surface area contributed by atoms with Gasteiger partial charge in [-0.05, 0) is 25.0 Å². The summed E-state index contributed by atoms with van der Waals surface area (Å²) in [6, 6.07) is 5.23. The minimum atomic E-state index is -2.98. The van der Waals surface area contributed by atoms with Crippen molar-refractivity contribution in [2.24, 2.45) is 5.73 Å². The van der Waals surface area contributed by atoms with Gasteiger partial charge < -0.3 is 20.7 Å². The van der Waals surface area contributed by atoms with E-state index in [0.29, 0.717) is 11.1 Å². The number of aliphatic hydroxyl groups is 2. The highest BCUT2D eigenvalue weighted by Gasteiger charge is 2.34. The molecule has 1 amide bonds. The number of carbonyl (C=O) groups is 1. The summed E-state index contributed by atoms with van der Waals surface area (Å²) in [5.41, 5.74) is 6.12. The number of para-hydroxylation sites is 1. The number of hydrogen-bond acceptors (Lipinski definition) is 4. The lowest BCUT2D eigenvalue weighted by Gasteiger charge is -2.21. The molecule has 0 spiro atoms. The topological polar surface area (TPSA) is 92.8 Å². The molecule has 1 aromatic rings. The first kappa shape index (κ1) is 11.5. The van der Waals surface area contributed by atoms with Crippen molar-refractivity contribution in [2.75, 3.05) is 0 Å². The number of carbonyl (C=O) groups excluding carboxylic acids is 1. The molecule has 0 saturated heterocycles. The van der Waals surface area contributed by atoms with Crippen LogP contribution in [0.4, 0.5) is 0 Å². The first-order valence-corrected chi connectivity index (χ1v) is 4.34. The van der Waals surface area contributed by atoms with Crippen molar-refractivity contribution in [3.63, 3.8) is 0 Å². The number of benzene rings is 1. The fourth-order valence-electron chi connectivity index (χ4n) is 1.15. The van der Waals surface area contributed by atoms with E-state index in [2.05, 4.69) is 0 Å². The molecule has 0 aromatic heterocycles. The van der Waals surface area contributed by atoms with E-state index >= 15 is 0 Å². The third-order valence-corrected chi connectivity index (χ3v) is 1.97. The second kappa shape index (κ2) is 3.88. The summed E-state index contributed by atoms with van der Waals surface area (Å²) in [5, 5.41) is 18.3. The summed E-state index contributed by atoms with van der Waals surface area (Å²) in [6.45, 7) is 3.44. The van der Waals surface area contributed by atoms with Crippen molar-refractivity contribution < 1.29 is 19.7 Å². The molecule has 0 fully saturated rings. The number of ether oxygens (including phenoxy) is 1. The number of hydrogen-bond donors (Lipinski definition) is 3. The molecule has 0 aliphatic rings. The second-order valence-electron chi connectivity index (χ2n) is 3.30. The van der Waals surface area contributed by atoms with Crippen molar-refractivity contribution in [1.82, 2.24) is 0 Å². The largest absolute Gasteiger partial charge is 0.432 e. The standard InChI is InChI=1S/C10H13NO4/c1-6-4-3-5-7(2)8(6)15-10(13,14)9(11)12/h3-5,13-14H,1-2H3,(H2,11,12). The zero-order chi connectivity index (χ0) is 11.6. The van der Waals surface area contributed by atoms with Crippen LogP contribution in [0.1, 0.15) is 11.1 Å². The average Bonchev–Trinajstić information content (AvgIpc) is 2.11. The average molecular weight is 211 g/mol. The highest BCUT2D eigenvalue weighted by atomic mass is 16.8. The molecular formula is C10H13NO4. The minimum Gasteiger partial charge on any atom is -0.432 e. The molecular weight excluding hydrogens is 198 g/mol. The van der Waals surface area contributed by atoms with Crippen LogP contribution in [0.5, 0.6) is 5.75 Å². The van der Waals surface area contributed by atoms with Crippen molar-refractivity contribution >= 4 is 5.91 Å².